The van der Waals surface area contributed by atoms with Gasteiger partial charge in [0.2, 0.25) is 0 Å². The molecule has 0 radical (unpaired) electrons. The molecule has 1 rings (SSSR count). The lowest BCUT2D eigenvalue weighted by Crippen LogP contribution is -2.50. The van der Waals surface area contributed by atoms with E-state index in [1.165, 1.54) is 0 Å². The highest BCUT2D eigenvalue weighted by molar-refractivity contribution is 4.84. The summed E-state index contributed by atoms with van der Waals surface area (Å²) in [6.45, 7) is 10.3. The molecule has 2 heteroatoms. The molecule has 12 heavy (non-hydrogen) atoms. The Bertz CT molecular complexity index is 140. The molecule has 1 saturated heterocycles. The first kappa shape index (κ1) is 10.0. The molecular weight excluding hydrogens is 152 g/mol. The van der Waals surface area contributed by atoms with E-state index in [1.54, 1.807) is 0 Å². The zero-order valence-electron chi connectivity index (χ0n) is 8.64. The molecule has 72 valence electrons. The van der Waals surface area contributed by atoms with Crippen LogP contribution in [0.25, 0.3) is 0 Å². The van der Waals surface area contributed by atoms with Crippen LogP contribution in [0.5, 0.6) is 0 Å². The van der Waals surface area contributed by atoms with Gasteiger partial charge in [-0.05, 0) is 12.8 Å². The molecule has 0 aromatic carbocycles. The molecule has 0 aliphatic carbocycles. The maximum atomic E-state index is 5.76. The van der Waals surface area contributed by atoms with Crippen LogP contribution >= 0.6 is 0 Å². The Morgan fingerprint density at radius 1 is 1.17 bits per heavy atom. The Morgan fingerprint density at radius 3 is 1.92 bits per heavy atom. The van der Waals surface area contributed by atoms with Gasteiger partial charge in [0.15, 0.2) is 5.79 Å². The molecule has 0 aromatic heterocycles. The summed E-state index contributed by atoms with van der Waals surface area (Å²) in [6.07, 6.45) is 1.95. The van der Waals surface area contributed by atoms with Crippen LogP contribution in [0.15, 0.2) is 0 Å². The lowest BCUT2D eigenvalue weighted by atomic mass is 9.83. The van der Waals surface area contributed by atoms with Crippen molar-refractivity contribution >= 4 is 0 Å². The van der Waals surface area contributed by atoms with Gasteiger partial charge in [0.1, 0.15) is 0 Å². The van der Waals surface area contributed by atoms with Gasteiger partial charge in [0.25, 0.3) is 0 Å². The summed E-state index contributed by atoms with van der Waals surface area (Å²) in [5.74, 6) is -0.342. The molecule has 0 aromatic rings. The highest BCUT2D eigenvalue weighted by Crippen LogP contribution is 2.39. The second-order valence-corrected chi connectivity index (χ2v) is 4.41. The van der Waals surface area contributed by atoms with Crippen LogP contribution in [-0.2, 0) is 9.47 Å². The number of rotatable bonds is 1. The predicted molar refractivity (Wildman–Crippen MR) is 49.0 cm³/mol. The first-order valence-electron chi connectivity index (χ1n) is 4.80. The minimum absolute atomic E-state index is 0.0716. The molecule has 0 bridgehead atoms. The average molecular weight is 172 g/mol. The molecule has 2 nitrogen and oxygen atoms in total. The summed E-state index contributed by atoms with van der Waals surface area (Å²) in [5.41, 5.74) is 0.0716. The van der Waals surface area contributed by atoms with Crippen LogP contribution in [-0.4, -0.2) is 19.0 Å². The van der Waals surface area contributed by atoms with Gasteiger partial charge >= 0.3 is 0 Å². The van der Waals surface area contributed by atoms with Gasteiger partial charge in [-0.15, -0.1) is 0 Å². The Hall–Kier alpha value is -0.0800. The van der Waals surface area contributed by atoms with Crippen LogP contribution in [0, 0.1) is 5.41 Å². The third-order valence-electron chi connectivity index (χ3n) is 2.57. The van der Waals surface area contributed by atoms with Crippen molar-refractivity contribution in [3.05, 3.63) is 0 Å². The summed E-state index contributed by atoms with van der Waals surface area (Å²) in [5, 5.41) is 0. The Kier molecular flexibility index (Phi) is 2.79. The minimum atomic E-state index is -0.342. The summed E-state index contributed by atoms with van der Waals surface area (Å²) in [6, 6.07) is 0. The average Bonchev–Trinajstić information content (AvgIpc) is 2.04. The van der Waals surface area contributed by atoms with Gasteiger partial charge < -0.3 is 9.47 Å². The topological polar surface area (TPSA) is 18.5 Å². The first-order chi connectivity index (χ1) is 5.52. The van der Waals surface area contributed by atoms with E-state index in [0.717, 1.165) is 26.1 Å². The Morgan fingerprint density at radius 2 is 1.67 bits per heavy atom. The van der Waals surface area contributed by atoms with Crippen molar-refractivity contribution in [2.45, 2.75) is 46.3 Å². The fraction of sp³-hybridized carbons (Fsp3) is 1.00. The van der Waals surface area contributed by atoms with E-state index >= 15 is 0 Å². The summed E-state index contributed by atoms with van der Waals surface area (Å²) in [7, 11) is 0. The molecule has 0 amide bonds. The molecule has 1 fully saturated rings. The first-order valence-corrected chi connectivity index (χ1v) is 4.80. The SMILES string of the molecule is CCC1(C(C)(C)C)OCCCO1. The predicted octanol–water partition coefficient (Wildman–Crippen LogP) is 2.58. The van der Waals surface area contributed by atoms with Gasteiger partial charge in [-0.2, -0.15) is 0 Å². The molecule has 0 N–H and O–H groups in total. The maximum absolute atomic E-state index is 5.76. The van der Waals surface area contributed by atoms with Crippen LogP contribution < -0.4 is 0 Å². The number of hydrogen-bond donors (Lipinski definition) is 0. The summed E-state index contributed by atoms with van der Waals surface area (Å²) >= 11 is 0. The Labute approximate surface area is 75.2 Å². The zero-order valence-corrected chi connectivity index (χ0v) is 8.64. The fourth-order valence-corrected chi connectivity index (χ4v) is 1.74. The van der Waals surface area contributed by atoms with Crippen LogP contribution in [0.4, 0.5) is 0 Å². The van der Waals surface area contributed by atoms with Crippen molar-refractivity contribution in [1.29, 1.82) is 0 Å². The van der Waals surface area contributed by atoms with Gasteiger partial charge in [-0.3, -0.25) is 0 Å². The van der Waals surface area contributed by atoms with Crippen molar-refractivity contribution < 1.29 is 9.47 Å². The van der Waals surface area contributed by atoms with Crippen molar-refractivity contribution in [2.24, 2.45) is 5.41 Å². The van der Waals surface area contributed by atoms with Crippen LogP contribution in [0.2, 0.25) is 0 Å². The van der Waals surface area contributed by atoms with Crippen molar-refractivity contribution in [2.75, 3.05) is 13.2 Å². The van der Waals surface area contributed by atoms with Crippen molar-refractivity contribution in [1.82, 2.24) is 0 Å². The van der Waals surface area contributed by atoms with Crippen LogP contribution in [0.1, 0.15) is 40.5 Å². The highest BCUT2D eigenvalue weighted by atomic mass is 16.7. The van der Waals surface area contributed by atoms with E-state index in [9.17, 15) is 0 Å². The molecule has 1 aliphatic heterocycles. The second kappa shape index (κ2) is 3.35. The third-order valence-corrected chi connectivity index (χ3v) is 2.57. The molecule has 0 spiro atoms. The number of hydrogen-bond acceptors (Lipinski definition) is 2. The van der Waals surface area contributed by atoms with E-state index < -0.39 is 0 Å². The maximum Gasteiger partial charge on any atom is 0.172 e. The van der Waals surface area contributed by atoms with Crippen LogP contribution in [0.3, 0.4) is 0 Å². The fourth-order valence-electron chi connectivity index (χ4n) is 1.74. The Balaban J connectivity index is 2.73. The summed E-state index contributed by atoms with van der Waals surface area (Å²) < 4.78 is 11.5. The zero-order chi connectivity index (χ0) is 9.24. The van der Waals surface area contributed by atoms with Gasteiger partial charge in [0, 0.05) is 5.41 Å². The van der Waals surface area contributed by atoms with E-state index in [-0.39, 0.29) is 11.2 Å². The smallest absolute Gasteiger partial charge is 0.172 e. The highest BCUT2D eigenvalue weighted by Gasteiger charge is 2.44. The van der Waals surface area contributed by atoms with E-state index in [1.807, 2.05) is 0 Å². The largest absolute Gasteiger partial charge is 0.349 e. The lowest BCUT2D eigenvalue weighted by Gasteiger charge is -2.45. The number of ether oxygens (including phenoxy) is 2. The van der Waals surface area contributed by atoms with E-state index in [4.69, 9.17) is 9.47 Å². The molecular formula is C10H20O2. The van der Waals surface area contributed by atoms with Gasteiger partial charge in [-0.1, -0.05) is 27.7 Å². The molecule has 0 saturated carbocycles. The molecule has 0 unspecified atom stereocenters. The molecule has 1 heterocycles. The van der Waals surface area contributed by atoms with Crippen molar-refractivity contribution in [3.63, 3.8) is 0 Å². The van der Waals surface area contributed by atoms with E-state index in [0.29, 0.717) is 0 Å². The summed E-state index contributed by atoms with van der Waals surface area (Å²) in [4.78, 5) is 0. The monoisotopic (exact) mass is 172 g/mol. The molecule has 1 aliphatic rings. The standard InChI is InChI=1S/C10H20O2/c1-5-10(9(2,3)4)11-7-6-8-12-10/h5-8H2,1-4H3. The second-order valence-electron chi connectivity index (χ2n) is 4.41. The quantitative estimate of drug-likeness (QED) is 0.605. The lowest BCUT2D eigenvalue weighted by molar-refractivity contribution is -0.314. The third kappa shape index (κ3) is 1.64. The minimum Gasteiger partial charge on any atom is -0.349 e. The van der Waals surface area contributed by atoms with Crippen molar-refractivity contribution in [3.8, 4) is 0 Å². The van der Waals surface area contributed by atoms with Gasteiger partial charge in [-0.25, -0.2) is 0 Å². The molecule has 0 atom stereocenters. The van der Waals surface area contributed by atoms with Gasteiger partial charge in [0.05, 0.1) is 13.2 Å². The van der Waals surface area contributed by atoms with E-state index in [2.05, 4.69) is 27.7 Å². The normalized spacial score (nSPS) is 24.0.